The van der Waals surface area contributed by atoms with E-state index in [0.717, 1.165) is 0 Å². The Balaban J connectivity index is 3.47. The Labute approximate surface area is 97.9 Å². The van der Waals surface area contributed by atoms with E-state index in [9.17, 15) is 22.0 Å². The van der Waals surface area contributed by atoms with Gasteiger partial charge in [0.25, 0.3) is 6.43 Å². The first-order chi connectivity index (χ1) is 6.73. The fourth-order valence-electron chi connectivity index (χ4n) is 0.936. The molecule has 8 heteroatoms. The van der Waals surface area contributed by atoms with E-state index in [1.165, 1.54) is 0 Å². The quantitative estimate of drug-likeness (QED) is 0.532. The predicted octanol–water partition coefficient (Wildman–Crippen LogP) is 4.56. The van der Waals surface area contributed by atoms with Gasteiger partial charge in [0.05, 0.1) is 11.1 Å². The van der Waals surface area contributed by atoms with Crippen LogP contribution in [-0.2, 0) is 6.18 Å². The number of alkyl halides is 5. The van der Waals surface area contributed by atoms with E-state index in [2.05, 4.69) is 36.8 Å². The van der Waals surface area contributed by atoms with Gasteiger partial charge in [-0.1, -0.05) is 0 Å². The van der Waals surface area contributed by atoms with Crippen LogP contribution >= 0.6 is 31.9 Å². The van der Waals surface area contributed by atoms with Crippen LogP contribution in [0.15, 0.2) is 15.3 Å². The SMILES string of the molecule is FC(F)c1c(C(F)(F)F)cc(Br)nc1Br. The first kappa shape index (κ1) is 12.8. The summed E-state index contributed by atoms with van der Waals surface area (Å²) in [5, 5.41) is 0. The molecule has 0 bridgehead atoms. The van der Waals surface area contributed by atoms with Crippen molar-refractivity contribution in [2.45, 2.75) is 12.6 Å². The molecule has 0 fully saturated rings. The smallest absolute Gasteiger partial charge is 0.233 e. The third-order valence-corrected chi connectivity index (χ3v) is 2.52. The molecule has 0 aromatic carbocycles. The fourth-order valence-corrected chi connectivity index (χ4v) is 2.16. The highest BCUT2D eigenvalue weighted by Crippen LogP contribution is 2.40. The Morgan fingerprint density at radius 1 is 1.20 bits per heavy atom. The van der Waals surface area contributed by atoms with E-state index in [1.54, 1.807) is 0 Å². The largest absolute Gasteiger partial charge is 0.417 e. The van der Waals surface area contributed by atoms with Crippen molar-refractivity contribution < 1.29 is 22.0 Å². The highest BCUT2D eigenvalue weighted by molar-refractivity contribution is 9.11. The number of rotatable bonds is 1. The Kier molecular flexibility index (Phi) is 3.70. The Hall–Kier alpha value is -0.240. The molecule has 0 spiro atoms. The van der Waals surface area contributed by atoms with Gasteiger partial charge in [-0.25, -0.2) is 13.8 Å². The van der Waals surface area contributed by atoms with E-state index in [0.29, 0.717) is 6.07 Å². The van der Waals surface area contributed by atoms with Crippen LogP contribution in [0.5, 0.6) is 0 Å². The van der Waals surface area contributed by atoms with Crippen molar-refractivity contribution in [2.24, 2.45) is 0 Å². The topological polar surface area (TPSA) is 12.9 Å². The summed E-state index contributed by atoms with van der Waals surface area (Å²) >= 11 is 5.27. The number of aromatic nitrogens is 1. The van der Waals surface area contributed by atoms with Crippen LogP contribution in [0.1, 0.15) is 17.6 Å². The Morgan fingerprint density at radius 3 is 2.13 bits per heavy atom. The minimum atomic E-state index is -4.83. The third-order valence-electron chi connectivity index (χ3n) is 1.50. The molecule has 15 heavy (non-hydrogen) atoms. The average Bonchev–Trinajstić information content (AvgIpc) is 1.99. The van der Waals surface area contributed by atoms with Gasteiger partial charge in [0, 0.05) is 0 Å². The molecule has 0 aliphatic heterocycles. The molecule has 1 aromatic rings. The standard InChI is InChI=1S/C7H2Br2F5N/c8-3-1-2(7(12,13)14)4(6(10)11)5(9)15-3/h1,6H. The van der Waals surface area contributed by atoms with Gasteiger partial charge in [-0.2, -0.15) is 13.2 Å². The first-order valence-electron chi connectivity index (χ1n) is 3.44. The van der Waals surface area contributed by atoms with Crippen LogP contribution in [0.2, 0.25) is 0 Å². The zero-order chi connectivity index (χ0) is 11.8. The number of hydrogen-bond acceptors (Lipinski definition) is 1. The molecule has 0 saturated heterocycles. The highest BCUT2D eigenvalue weighted by Gasteiger charge is 2.37. The van der Waals surface area contributed by atoms with E-state index in [-0.39, 0.29) is 4.60 Å². The van der Waals surface area contributed by atoms with E-state index in [1.807, 2.05) is 0 Å². The van der Waals surface area contributed by atoms with Crippen LogP contribution in [0, 0.1) is 0 Å². The van der Waals surface area contributed by atoms with Gasteiger partial charge in [-0.15, -0.1) is 0 Å². The number of nitrogens with zero attached hydrogens (tertiary/aromatic N) is 1. The van der Waals surface area contributed by atoms with Crippen molar-refractivity contribution >= 4 is 31.9 Å². The van der Waals surface area contributed by atoms with Gasteiger partial charge in [-0.3, -0.25) is 0 Å². The van der Waals surface area contributed by atoms with Gasteiger partial charge in [0.1, 0.15) is 9.21 Å². The molecule has 0 unspecified atom stereocenters. The number of hydrogen-bond donors (Lipinski definition) is 0. The molecule has 0 aliphatic rings. The van der Waals surface area contributed by atoms with E-state index >= 15 is 0 Å². The summed E-state index contributed by atoms with van der Waals surface area (Å²) in [6.07, 6.45) is -8.07. The highest BCUT2D eigenvalue weighted by atomic mass is 79.9. The summed E-state index contributed by atoms with van der Waals surface area (Å²) < 4.78 is 61.2. The lowest BCUT2D eigenvalue weighted by atomic mass is 10.1. The van der Waals surface area contributed by atoms with Gasteiger partial charge < -0.3 is 0 Å². The summed E-state index contributed by atoms with van der Waals surface area (Å²) in [6, 6.07) is 0.520. The lowest BCUT2D eigenvalue weighted by molar-refractivity contribution is -0.139. The van der Waals surface area contributed by atoms with Crippen LogP contribution in [0.3, 0.4) is 0 Å². The Bertz CT molecular complexity index is 376. The van der Waals surface area contributed by atoms with Crippen LogP contribution in [-0.4, -0.2) is 4.98 Å². The molecule has 1 nitrogen and oxygen atoms in total. The molecular formula is C7H2Br2F5N. The lowest BCUT2D eigenvalue weighted by Crippen LogP contribution is -2.11. The normalized spacial score (nSPS) is 12.3. The van der Waals surface area contributed by atoms with E-state index < -0.39 is 28.3 Å². The van der Waals surface area contributed by atoms with Gasteiger partial charge in [0.15, 0.2) is 0 Å². The second kappa shape index (κ2) is 4.32. The van der Waals surface area contributed by atoms with Crippen molar-refractivity contribution in [3.05, 3.63) is 26.4 Å². The monoisotopic (exact) mass is 353 g/mol. The Morgan fingerprint density at radius 2 is 1.73 bits per heavy atom. The number of pyridine rings is 1. The minimum Gasteiger partial charge on any atom is -0.233 e. The third kappa shape index (κ3) is 2.87. The molecule has 0 N–H and O–H groups in total. The first-order valence-corrected chi connectivity index (χ1v) is 5.03. The van der Waals surface area contributed by atoms with Crippen molar-refractivity contribution in [3.8, 4) is 0 Å². The lowest BCUT2D eigenvalue weighted by Gasteiger charge is -2.13. The maximum atomic E-state index is 12.4. The minimum absolute atomic E-state index is 0.161. The van der Waals surface area contributed by atoms with E-state index in [4.69, 9.17) is 0 Å². The zero-order valence-electron chi connectivity index (χ0n) is 6.75. The second-order valence-corrected chi connectivity index (χ2v) is 4.06. The van der Waals surface area contributed by atoms with Crippen molar-refractivity contribution in [2.75, 3.05) is 0 Å². The molecule has 0 saturated carbocycles. The fraction of sp³-hybridized carbons (Fsp3) is 0.286. The van der Waals surface area contributed by atoms with Crippen LogP contribution in [0.25, 0.3) is 0 Å². The summed E-state index contributed by atoms with van der Waals surface area (Å²) in [6.45, 7) is 0. The van der Waals surface area contributed by atoms with Crippen molar-refractivity contribution in [3.63, 3.8) is 0 Å². The van der Waals surface area contributed by atoms with Gasteiger partial charge >= 0.3 is 6.18 Å². The molecule has 1 aromatic heterocycles. The molecule has 84 valence electrons. The van der Waals surface area contributed by atoms with Crippen molar-refractivity contribution in [1.29, 1.82) is 0 Å². The summed E-state index contributed by atoms with van der Waals surface area (Å²) in [5.74, 6) is 0. The maximum absolute atomic E-state index is 12.4. The zero-order valence-corrected chi connectivity index (χ0v) is 9.92. The van der Waals surface area contributed by atoms with Crippen molar-refractivity contribution in [1.82, 2.24) is 4.98 Å². The maximum Gasteiger partial charge on any atom is 0.417 e. The molecule has 1 rings (SSSR count). The molecular weight excluding hydrogens is 353 g/mol. The summed E-state index contributed by atoms with van der Waals surface area (Å²) in [4.78, 5) is 3.42. The van der Waals surface area contributed by atoms with Gasteiger partial charge in [-0.05, 0) is 37.9 Å². The molecule has 0 amide bonds. The molecule has 1 heterocycles. The van der Waals surface area contributed by atoms with Crippen LogP contribution < -0.4 is 0 Å². The second-order valence-electron chi connectivity index (χ2n) is 2.50. The average molecular weight is 355 g/mol. The summed E-state index contributed by atoms with van der Waals surface area (Å²) in [7, 11) is 0. The summed E-state index contributed by atoms with van der Waals surface area (Å²) in [5.41, 5.74) is -2.54. The molecule has 0 atom stereocenters. The molecule has 0 radical (unpaired) electrons. The predicted molar refractivity (Wildman–Crippen MR) is 49.6 cm³/mol. The van der Waals surface area contributed by atoms with Crippen LogP contribution in [0.4, 0.5) is 22.0 Å². The number of halogens is 7. The molecule has 0 aliphatic carbocycles. The van der Waals surface area contributed by atoms with Gasteiger partial charge in [0.2, 0.25) is 0 Å².